The molecule has 164 valence electrons. The Morgan fingerprint density at radius 1 is 0.406 bits per heavy atom. The van der Waals surface area contributed by atoms with Crippen LogP contribution in [0.3, 0.4) is 0 Å². The first-order valence-electron chi connectivity index (χ1n) is 10.6. The number of rotatable bonds is 4. The molecule has 0 radical (unpaired) electrons. The quantitative estimate of drug-likeness (QED) is 0.356. The number of nitrogens with zero attached hydrogens (tertiary/aromatic N) is 2. The van der Waals surface area contributed by atoms with Crippen LogP contribution in [0, 0.1) is 0 Å². The molecular formula is C26H26F2N2P2. The van der Waals surface area contributed by atoms with Gasteiger partial charge in [0, 0.05) is 0 Å². The number of hydrogen-bond acceptors (Lipinski definition) is 2. The second-order valence-corrected chi connectivity index (χ2v) is 16.9. The van der Waals surface area contributed by atoms with E-state index in [1.54, 1.807) is 62.6 Å². The summed E-state index contributed by atoms with van der Waals surface area (Å²) in [7, 11) is -6.22. The molecule has 4 aromatic rings. The average molecular weight is 466 g/mol. The fourth-order valence-corrected chi connectivity index (χ4v) is 20.3. The van der Waals surface area contributed by atoms with Gasteiger partial charge in [0.2, 0.25) is 0 Å². The van der Waals surface area contributed by atoms with E-state index in [9.17, 15) is 0 Å². The van der Waals surface area contributed by atoms with Crippen molar-refractivity contribution in [2.24, 2.45) is 0 Å². The van der Waals surface area contributed by atoms with E-state index in [2.05, 4.69) is 0 Å². The van der Waals surface area contributed by atoms with E-state index in [1.165, 1.54) is 8.88 Å². The van der Waals surface area contributed by atoms with Crippen LogP contribution < -0.4 is 21.2 Å². The molecule has 1 fully saturated rings. The Morgan fingerprint density at radius 2 is 0.594 bits per heavy atom. The maximum atomic E-state index is 18.4. The van der Waals surface area contributed by atoms with Gasteiger partial charge in [-0.25, -0.2) is 0 Å². The fourth-order valence-electron chi connectivity index (χ4n) is 5.34. The fraction of sp³-hybridized carbons (Fsp3) is 0.0769. The molecule has 1 heterocycles. The zero-order chi connectivity index (χ0) is 22.5. The monoisotopic (exact) mass is 466 g/mol. The first-order chi connectivity index (χ1) is 15.4. The van der Waals surface area contributed by atoms with Crippen LogP contribution in [0.5, 0.6) is 0 Å². The SMILES string of the molecule is CN1P(F)(c2ccccc2)(c2ccccc2)N(C)P1(F)(c1ccccc1)c1ccccc1. The van der Waals surface area contributed by atoms with Gasteiger partial charge in [0.05, 0.1) is 0 Å². The first kappa shape index (κ1) is 21.4. The molecule has 0 aliphatic carbocycles. The van der Waals surface area contributed by atoms with Gasteiger partial charge < -0.3 is 0 Å². The van der Waals surface area contributed by atoms with Crippen molar-refractivity contribution in [1.82, 2.24) is 8.88 Å². The van der Waals surface area contributed by atoms with Crippen molar-refractivity contribution < 1.29 is 8.39 Å². The summed E-state index contributed by atoms with van der Waals surface area (Å²) in [4.78, 5) is 0. The van der Waals surface area contributed by atoms with E-state index in [0.29, 0.717) is 21.2 Å². The van der Waals surface area contributed by atoms with Crippen molar-refractivity contribution in [3.63, 3.8) is 0 Å². The van der Waals surface area contributed by atoms with Gasteiger partial charge in [-0.2, -0.15) is 0 Å². The predicted octanol–water partition coefficient (Wildman–Crippen LogP) is 5.70. The number of benzene rings is 4. The molecule has 0 amide bonds. The summed E-state index contributed by atoms with van der Waals surface area (Å²) >= 11 is 0. The predicted molar refractivity (Wildman–Crippen MR) is 136 cm³/mol. The van der Waals surface area contributed by atoms with Crippen molar-refractivity contribution in [3.8, 4) is 0 Å². The summed E-state index contributed by atoms with van der Waals surface area (Å²) in [6, 6.07) is 36.3. The van der Waals surface area contributed by atoms with Crippen LogP contribution in [0.2, 0.25) is 0 Å². The Morgan fingerprint density at radius 3 is 0.781 bits per heavy atom. The zero-order valence-electron chi connectivity index (χ0n) is 18.1. The van der Waals surface area contributed by atoms with E-state index in [-0.39, 0.29) is 0 Å². The molecule has 0 saturated carbocycles. The third kappa shape index (κ3) is 2.21. The third-order valence-corrected chi connectivity index (χ3v) is 20.0. The Hall–Kier alpha value is -2.48. The summed E-state index contributed by atoms with van der Waals surface area (Å²) in [5.41, 5.74) is 0. The molecule has 0 aromatic heterocycles. The van der Waals surface area contributed by atoms with Gasteiger partial charge in [-0.3, -0.25) is 0 Å². The Kier molecular flexibility index (Phi) is 4.68. The molecule has 0 N–H and O–H groups in total. The zero-order valence-corrected chi connectivity index (χ0v) is 19.9. The van der Waals surface area contributed by atoms with Crippen molar-refractivity contribution >= 4 is 35.6 Å². The molecule has 0 bridgehead atoms. The van der Waals surface area contributed by atoms with Crippen LogP contribution >= 0.6 is 14.4 Å². The molecule has 5 rings (SSSR count). The molecular weight excluding hydrogens is 440 g/mol. The van der Waals surface area contributed by atoms with Gasteiger partial charge in [0.25, 0.3) is 0 Å². The number of halogens is 2. The van der Waals surface area contributed by atoms with Gasteiger partial charge in [0.1, 0.15) is 0 Å². The van der Waals surface area contributed by atoms with Crippen molar-refractivity contribution in [2.45, 2.75) is 0 Å². The van der Waals surface area contributed by atoms with Gasteiger partial charge in [0.15, 0.2) is 0 Å². The first-order valence-corrected chi connectivity index (χ1v) is 14.6. The molecule has 32 heavy (non-hydrogen) atoms. The minimum absolute atomic E-state index is 0.500. The second-order valence-electron chi connectivity index (χ2n) is 8.16. The van der Waals surface area contributed by atoms with Crippen LogP contribution in [0.15, 0.2) is 121 Å². The van der Waals surface area contributed by atoms with Crippen LogP contribution in [-0.2, 0) is 0 Å². The molecule has 1 saturated heterocycles. The summed E-state index contributed by atoms with van der Waals surface area (Å²) in [6.45, 7) is 0. The van der Waals surface area contributed by atoms with Gasteiger partial charge in [-0.05, 0) is 0 Å². The van der Waals surface area contributed by atoms with Crippen LogP contribution in [0.1, 0.15) is 0 Å². The van der Waals surface area contributed by atoms with Crippen molar-refractivity contribution in [3.05, 3.63) is 121 Å². The summed E-state index contributed by atoms with van der Waals surface area (Å²) in [6.07, 6.45) is 0. The Labute approximate surface area is 188 Å². The molecule has 6 heteroatoms. The van der Waals surface area contributed by atoms with Crippen molar-refractivity contribution in [2.75, 3.05) is 14.1 Å². The molecule has 4 aromatic carbocycles. The van der Waals surface area contributed by atoms with Gasteiger partial charge >= 0.3 is 188 Å². The maximum absolute atomic E-state index is 18.4. The second kappa shape index (κ2) is 7.01. The Bertz CT molecular complexity index is 1060. The normalized spacial score (nSPS) is 23.5. The summed E-state index contributed by atoms with van der Waals surface area (Å²) < 4.78 is 39.9. The van der Waals surface area contributed by atoms with E-state index in [4.69, 9.17) is 0 Å². The van der Waals surface area contributed by atoms with E-state index < -0.39 is 14.4 Å². The molecule has 1 aliphatic heterocycles. The van der Waals surface area contributed by atoms with Crippen LogP contribution in [0.25, 0.3) is 0 Å². The van der Waals surface area contributed by atoms with Gasteiger partial charge in [-0.15, -0.1) is 0 Å². The molecule has 0 spiro atoms. The molecule has 1 aliphatic rings. The summed E-state index contributed by atoms with van der Waals surface area (Å²) in [5, 5.41) is 2.00. The topological polar surface area (TPSA) is 6.48 Å². The van der Waals surface area contributed by atoms with Crippen LogP contribution in [-0.4, -0.2) is 23.0 Å². The number of hydrogen-bond donors (Lipinski definition) is 0. The van der Waals surface area contributed by atoms with E-state index >= 15 is 8.39 Å². The average Bonchev–Trinajstić information content (AvgIpc) is 2.89. The Balaban J connectivity index is 1.91. The van der Waals surface area contributed by atoms with Crippen LogP contribution in [0.4, 0.5) is 8.39 Å². The summed E-state index contributed by atoms with van der Waals surface area (Å²) in [5.74, 6) is 0. The molecule has 0 unspecified atom stereocenters. The third-order valence-electron chi connectivity index (χ3n) is 6.97. The van der Waals surface area contributed by atoms with Gasteiger partial charge in [-0.1, -0.05) is 0 Å². The van der Waals surface area contributed by atoms with E-state index in [1.807, 2.05) is 72.8 Å². The molecule has 0 atom stereocenters. The van der Waals surface area contributed by atoms with Crippen molar-refractivity contribution in [1.29, 1.82) is 0 Å². The minimum atomic E-state index is -4.74. The standard InChI is InChI=1S/C26H26F2N2P2/c1-29-31(27,23-15-7-3-8-16-23,24-17-9-4-10-18-24)30(2)32(29,28,25-19-11-5-12-20-25)26-21-13-6-14-22-26/h3-22H,1-2H3. The molecule has 2 nitrogen and oxygen atoms in total. The van der Waals surface area contributed by atoms with E-state index in [0.717, 1.165) is 0 Å².